The predicted octanol–water partition coefficient (Wildman–Crippen LogP) is 6.26. The van der Waals surface area contributed by atoms with E-state index in [1.54, 1.807) is 12.1 Å². The lowest BCUT2D eigenvalue weighted by atomic mass is 9.85. The molecule has 1 heterocycles. The molecular weight excluding hydrogens is 467 g/mol. The number of hydrogen-bond acceptors (Lipinski definition) is 3. The number of nitrogens with one attached hydrogen (secondary N) is 1. The molecule has 1 aliphatic rings. The van der Waals surface area contributed by atoms with Gasteiger partial charge >= 0.3 is 0 Å². The fraction of sp³-hybridized carbons (Fsp3) is 0.400. The van der Waals surface area contributed by atoms with Gasteiger partial charge in [-0.25, -0.2) is 0 Å². The maximum absolute atomic E-state index is 13.6. The van der Waals surface area contributed by atoms with Crippen LogP contribution < -0.4 is 5.32 Å². The minimum atomic E-state index is -0.423. The van der Waals surface area contributed by atoms with E-state index in [2.05, 4.69) is 31.0 Å². The third kappa shape index (κ3) is 6.72. The quantitative estimate of drug-likeness (QED) is 0.514. The zero-order valence-corrected chi connectivity index (χ0v) is 20.8. The summed E-state index contributed by atoms with van der Waals surface area (Å²) in [4.78, 5) is 15.8. The van der Waals surface area contributed by atoms with Crippen LogP contribution in [0, 0.1) is 5.41 Å². The van der Waals surface area contributed by atoms with Gasteiger partial charge < -0.3 is 10.1 Å². The molecule has 0 aromatic heterocycles. The molecule has 2 unspecified atom stereocenters. The molecule has 0 radical (unpaired) electrons. The Kier molecular flexibility index (Phi) is 8.65. The molecule has 0 saturated carbocycles. The van der Waals surface area contributed by atoms with Crippen molar-refractivity contribution in [3.63, 3.8) is 0 Å². The summed E-state index contributed by atoms with van der Waals surface area (Å²) in [5.41, 5.74) is 1.55. The molecule has 32 heavy (non-hydrogen) atoms. The third-order valence-electron chi connectivity index (χ3n) is 5.51. The van der Waals surface area contributed by atoms with Gasteiger partial charge in [-0.2, -0.15) is 0 Å². The second kappa shape index (κ2) is 11.0. The van der Waals surface area contributed by atoms with E-state index in [0.29, 0.717) is 41.4 Å². The van der Waals surface area contributed by atoms with Gasteiger partial charge in [0, 0.05) is 28.2 Å². The lowest BCUT2D eigenvalue weighted by molar-refractivity contribution is -0.129. The van der Waals surface area contributed by atoms with Crippen LogP contribution in [0.4, 0.5) is 0 Å². The Bertz CT molecular complexity index is 949. The Morgan fingerprint density at radius 1 is 1.03 bits per heavy atom. The van der Waals surface area contributed by atoms with Gasteiger partial charge in [-0.15, -0.1) is 0 Å². The highest BCUT2D eigenvalue weighted by Crippen LogP contribution is 2.28. The van der Waals surface area contributed by atoms with Crippen molar-refractivity contribution in [1.29, 1.82) is 0 Å². The molecule has 0 aliphatic carbocycles. The molecule has 1 fully saturated rings. The van der Waals surface area contributed by atoms with E-state index >= 15 is 0 Å². The largest absolute Gasteiger partial charge is 0.379 e. The molecule has 1 aliphatic heterocycles. The van der Waals surface area contributed by atoms with Gasteiger partial charge in [0.2, 0.25) is 5.91 Å². The van der Waals surface area contributed by atoms with Crippen LogP contribution in [0.3, 0.4) is 0 Å². The zero-order chi connectivity index (χ0) is 23.3. The second-order valence-corrected chi connectivity index (χ2v) is 10.3. The average molecular weight is 496 g/mol. The van der Waals surface area contributed by atoms with Crippen molar-refractivity contribution < 1.29 is 9.53 Å². The van der Waals surface area contributed by atoms with Crippen LogP contribution in [0.15, 0.2) is 48.5 Å². The minimum absolute atomic E-state index is 0.0546. The predicted molar refractivity (Wildman–Crippen MR) is 133 cm³/mol. The van der Waals surface area contributed by atoms with Crippen LogP contribution in [0.2, 0.25) is 15.1 Å². The van der Waals surface area contributed by atoms with Crippen LogP contribution in [0.25, 0.3) is 6.08 Å². The second-order valence-electron chi connectivity index (χ2n) is 8.98. The smallest absolute Gasteiger partial charge is 0.242 e. The summed E-state index contributed by atoms with van der Waals surface area (Å²) in [7, 11) is 0. The summed E-state index contributed by atoms with van der Waals surface area (Å²) in [6.07, 6.45) is 3.92. The number of benzene rings is 2. The number of carbonyl (C=O) groups is 1. The van der Waals surface area contributed by atoms with Gasteiger partial charge in [0.25, 0.3) is 0 Å². The van der Waals surface area contributed by atoms with Gasteiger partial charge in [0.1, 0.15) is 6.04 Å². The number of rotatable bonds is 6. The number of amides is 1. The van der Waals surface area contributed by atoms with E-state index in [4.69, 9.17) is 39.5 Å². The molecular formula is C25H29Cl3N2O2. The van der Waals surface area contributed by atoms with Crippen LogP contribution in [-0.2, 0) is 9.53 Å². The van der Waals surface area contributed by atoms with E-state index in [9.17, 15) is 4.79 Å². The molecule has 2 aromatic rings. The molecule has 7 heteroatoms. The van der Waals surface area contributed by atoms with Crippen molar-refractivity contribution in [2.45, 2.75) is 32.9 Å². The molecule has 3 rings (SSSR count). The van der Waals surface area contributed by atoms with Gasteiger partial charge in [0.15, 0.2) is 0 Å². The van der Waals surface area contributed by atoms with Gasteiger partial charge in [0.05, 0.1) is 19.3 Å². The Hall–Kier alpha value is -1.56. The van der Waals surface area contributed by atoms with Crippen molar-refractivity contribution in [3.05, 3.63) is 74.7 Å². The standard InChI is InChI=1S/C25H29Cl3N2O2/c1-25(2,3)22(11-7-17-4-10-20(27)16-21(17)28)29-24(31)23(30-12-14-32-15-13-30)18-5-8-19(26)9-6-18/h4-11,16,22-23H,12-15H2,1-3H3,(H,29,31)/b11-7+. The molecule has 0 spiro atoms. The molecule has 0 bridgehead atoms. The lowest BCUT2D eigenvalue weighted by Crippen LogP contribution is -2.50. The van der Waals surface area contributed by atoms with Crippen molar-refractivity contribution in [2.24, 2.45) is 5.41 Å². The summed E-state index contributed by atoms with van der Waals surface area (Å²) >= 11 is 18.4. The van der Waals surface area contributed by atoms with Crippen LogP contribution >= 0.6 is 34.8 Å². The first-order valence-electron chi connectivity index (χ1n) is 10.7. The first kappa shape index (κ1) is 25.1. The minimum Gasteiger partial charge on any atom is -0.379 e. The van der Waals surface area contributed by atoms with E-state index < -0.39 is 6.04 Å². The van der Waals surface area contributed by atoms with Crippen molar-refractivity contribution in [2.75, 3.05) is 26.3 Å². The normalized spacial score (nSPS) is 17.3. The summed E-state index contributed by atoms with van der Waals surface area (Å²) in [6, 6.07) is 12.2. The Balaban J connectivity index is 1.86. The van der Waals surface area contributed by atoms with E-state index in [0.717, 1.165) is 11.1 Å². The molecule has 172 valence electrons. The third-order valence-corrected chi connectivity index (χ3v) is 6.32. The Morgan fingerprint density at radius 3 is 2.25 bits per heavy atom. The molecule has 2 aromatic carbocycles. The maximum atomic E-state index is 13.6. The Labute approximate surface area is 205 Å². The first-order chi connectivity index (χ1) is 15.1. The molecule has 1 amide bonds. The van der Waals surface area contributed by atoms with Gasteiger partial charge in [-0.1, -0.05) is 85.9 Å². The fourth-order valence-electron chi connectivity index (χ4n) is 3.63. The lowest BCUT2D eigenvalue weighted by Gasteiger charge is -2.36. The van der Waals surface area contributed by atoms with E-state index in [1.165, 1.54) is 0 Å². The molecule has 1 N–H and O–H groups in total. The van der Waals surface area contributed by atoms with Gasteiger partial charge in [-0.05, 0) is 40.8 Å². The number of hydrogen-bond donors (Lipinski definition) is 1. The SMILES string of the molecule is CC(C)(C)C(/C=C/c1ccc(Cl)cc1Cl)NC(=O)C(c1ccc(Cl)cc1)N1CCOCC1. The highest BCUT2D eigenvalue weighted by Gasteiger charge is 2.32. The number of halogens is 3. The van der Waals surface area contributed by atoms with Crippen molar-refractivity contribution in [3.8, 4) is 0 Å². The topological polar surface area (TPSA) is 41.6 Å². The molecule has 2 atom stereocenters. The van der Waals surface area contributed by atoms with Crippen LogP contribution in [0.1, 0.15) is 37.9 Å². The highest BCUT2D eigenvalue weighted by molar-refractivity contribution is 6.35. The van der Waals surface area contributed by atoms with Crippen LogP contribution in [-0.4, -0.2) is 43.2 Å². The number of carbonyl (C=O) groups excluding carboxylic acids is 1. The van der Waals surface area contributed by atoms with Crippen molar-refractivity contribution >= 4 is 46.8 Å². The molecule has 1 saturated heterocycles. The summed E-state index contributed by atoms with van der Waals surface area (Å²) in [5.74, 6) is -0.0546. The number of nitrogens with zero attached hydrogens (tertiary/aromatic N) is 1. The summed E-state index contributed by atoms with van der Waals surface area (Å²) < 4.78 is 5.50. The summed E-state index contributed by atoms with van der Waals surface area (Å²) in [5, 5.41) is 5.06. The summed E-state index contributed by atoms with van der Waals surface area (Å²) in [6.45, 7) is 8.88. The van der Waals surface area contributed by atoms with Crippen molar-refractivity contribution in [1.82, 2.24) is 10.2 Å². The van der Waals surface area contributed by atoms with Crippen LogP contribution in [0.5, 0.6) is 0 Å². The fourth-order valence-corrected chi connectivity index (χ4v) is 4.23. The zero-order valence-electron chi connectivity index (χ0n) is 18.6. The number of ether oxygens (including phenoxy) is 1. The average Bonchev–Trinajstić information content (AvgIpc) is 2.74. The first-order valence-corrected chi connectivity index (χ1v) is 11.8. The highest BCUT2D eigenvalue weighted by atomic mass is 35.5. The molecule has 4 nitrogen and oxygen atoms in total. The van der Waals surface area contributed by atoms with Gasteiger partial charge in [-0.3, -0.25) is 9.69 Å². The monoisotopic (exact) mass is 494 g/mol. The van der Waals surface area contributed by atoms with E-state index in [-0.39, 0.29) is 17.4 Å². The number of morpholine rings is 1. The van der Waals surface area contributed by atoms with E-state index in [1.807, 2.05) is 42.5 Å². The maximum Gasteiger partial charge on any atom is 0.242 e. The Morgan fingerprint density at radius 2 is 1.66 bits per heavy atom.